The highest BCUT2D eigenvalue weighted by Crippen LogP contribution is 2.33. The van der Waals surface area contributed by atoms with Crippen molar-refractivity contribution in [1.29, 1.82) is 0 Å². The number of nitrogens with zero attached hydrogens (tertiary/aromatic N) is 3. The number of aliphatic hydroxyl groups excluding tert-OH is 1. The Labute approximate surface area is 196 Å². The van der Waals surface area contributed by atoms with Gasteiger partial charge in [0.25, 0.3) is 5.91 Å². The van der Waals surface area contributed by atoms with E-state index in [2.05, 4.69) is 25.7 Å². The number of carbonyl (C=O) groups excluding carboxylic acids is 1. The summed E-state index contributed by atoms with van der Waals surface area (Å²) in [5.74, 6) is 1.66. The van der Waals surface area contributed by atoms with Gasteiger partial charge in [0.2, 0.25) is 0 Å². The number of ether oxygens (including phenoxy) is 1. The van der Waals surface area contributed by atoms with Crippen molar-refractivity contribution < 1.29 is 14.6 Å². The second-order valence-corrected chi connectivity index (χ2v) is 10.3. The number of amides is 1. The smallest absolute Gasteiger partial charge is 0.261 e. The van der Waals surface area contributed by atoms with Crippen LogP contribution in [0.15, 0.2) is 41.4 Å². The molecule has 0 spiro atoms. The van der Waals surface area contributed by atoms with E-state index in [-0.39, 0.29) is 17.9 Å². The zero-order chi connectivity index (χ0) is 23.3. The third-order valence-corrected chi connectivity index (χ3v) is 6.37. The normalized spacial score (nSPS) is 15.0. The highest BCUT2D eigenvalue weighted by Gasteiger charge is 2.29. The summed E-state index contributed by atoms with van der Waals surface area (Å²) < 4.78 is 5.47. The molecule has 1 saturated heterocycles. The number of aromatic nitrogens is 1. The number of thioether (sulfide) groups is 1. The summed E-state index contributed by atoms with van der Waals surface area (Å²) in [5, 5.41) is 10.4. The van der Waals surface area contributed by atoms with E-state index < -0.39 is 0 Å². The molecular formula is C25H35N3O3S. The summed E-state index contributed by atoms with van der Waals surface area (Å²) in [4.78, 5) is 22.7. The highest BCUT2D eigenvalue weighted by molar-refractivity contribution is 7.98. The quantitative estimate of drug-likeness (QED) is 0.607. The van der Waals surface area contributed by atoms with Crippen molar-refractivity contribution in [2.24, 2.45) is 11.3 Å². The first-order chi connectivity index (χ1) is 15.3. The zero-order valence-electron chi connectivity index (χ0n) is 19.8. The largest absolute Gasteiger partial charge is 0.497 e. The Bertz CT molecular complexity index is 921. The van der Waals surface area contributed by atoms with Gasteiger partial charge in [-0.3, -0.25) is 9.69 Å². The van der Waals surface area contributed by atoms with Gasteiger partial charge in [0.05, 0.1) is 23.4 Å². The second kappa shape index (κ2) is 10.6. The molecule has 1 amide bonds. The molecule has 174 valence electrons. The van der Waals surface area contributed by atoms with Crippen LogP contribution in [0.1, 0.15) is 44.0 Å². The van der Waals surface area contributed by atoms with E-state index in [4.69, 9.17) is 9.72 Å². The Balaban J connectivity index is 2.01. The first kappa shape index (κ1) is 24.4. The van der Waals surface area contributed by atoms with Crippen molar-refractivity contribution in [3.63, 3.8) is 0 Å². The minimum absolute atomic E-state index is 0.0624. The van der Waals surface area contributed by atoms with Gasteiger partial charge in [-0.25, -0.2) is 4.98 Å². The van der Waals surface area contributed by atoms with Gasteiger partial charge in [-0.2, -0.15) is 0 Å². The minimum Gasteiger partial charge on any atom is -0.497 e. The fraction of sp³-hybridized carbons (Fsp3) is 0.520. The Hall–Kier alpha value is -2.25. The SMILES string of the molecule is COc1ccc(C(=O)N(CC(C)(C)C)c2cccc(SC)n2)c(N2CCC(CO)CC2)c1. The topological polar surface area (TPSA) is 65.9 Å². The number of carbonyl (C=O) groups is 1. The lowest BCUT2D eigenvalue weighted by Crippen LogP contribution is -2.40. The summed E-state index contributed by atoms with van der Waals surface area (Å²) in [7, 11) is 1.64. The molecule has 0 saturated carbocycles. The molecule has 0 radical (unpaired) electrons. The summed E-state index contributed by atoms with van der Waals surface area (Å²) in [6.45, 7) is 8.75. The van der Waals surface area contributed by atoms with Crippen LogP contribution in [0.25, 0.3) is 0 Å². The standard InChI is InChI=1S/C25H35N3O3S/c1-25(2,3)17-28(22-7-6-8-23(26-22)32-5)24(30)20-10-9-19(31-4)15-21(20)27-13-11-18(16-29)12-14-27/h6-10,15,18,29H,11-14,16-17H2,1-5H3. The van der Waals surface area contributed by atoms with Crippen LogP contribution in [-0.4, -0.2) is 55.6 Å². The molecule has 32 heavy (non-hydrogen) atoms. The molecular weight excluding hydrogens is 422 g/mol. The first-order valence-corrected chi connectivity index (χ1v) is 12.3. The van der Waals surface area contributed by atoms with Crippen molar-refractivity contribution in [2.45, 2.75) is 38.6 Å². The summed E-state index contributed by atoms with van der Waals surface area (Å²) in [5.41, 5.74) is 1.43. The molecule has 1 aromatic heterocycles. The molecule has 1 fully saturated rings. The molecule has 7 heteroatoms. The Kier molecular flexibility index (Phi) is 8.06. The molecule has 1 N–H and O–H groups in total. The van der Waals surface area contributed by atoms with E-state index in [1.807, 2.05) is 42.7 Å². The zero-order valence-corrected chi connectivity index (χ0v) is 20.6. The number of hydrogen-bond acceptors (Lipinski definition) is 6. The van der Waals surface area contributed by atoms with Crippen molar-refractivity contribution in [2.75, 3.05) is 49.4 Å². The van der Waals surface area contributed by atoms with E-state index in [1.54, 1.807) is 23.8 Å². The minimum atomic E-state index is -0.0984. The second-order valence-electron chi connectivity index (χ2n) is 9.49. The molecule has 3 rings (SSSR count). The lowest BCUT2D eigenvalue weighted by Gasteiger charge is -2.35. The molecule has 1 aromatic carbocycles. The highest BCUT2D eigenvalue weighted by atomic mass is 32.2. The van der Waals surface area contributed by atoms with Crippen molar-refractivity contribution in [3.8, 4) is 5.75 Å². The lowest BCUT2D eigenvalue weighted by atomic mass is 9.95. The van der Waals surface area contributed by atoms with Crippen LogP contribution < -0.4 is 14.5 Å². The maximum absolute atomic E-state index is 14.0. The van der Waals surface area contributed by atoms with E-state index in [0.717, 1.165) is 42.4 Å². The monoisotopic (exact) mass is 457 g/mol. The van der Waals surface area contributed by atoms with Crippen molar-refractivity contribution >= 4 is 29.2 Å². The predicted octanol–water partition coefficient (Wildman–Crippen LogP) is 4.71. The van der Waals surface area contributed by atoms with Crippen LogP contribution in [0.3, 0.4) is 0 Å². The van der Waals surface area contributed by atoms with Crippen LogP contribution in [-0.2, 0) is 0 Å². The summed E-state index contributed by atoms with van der Waals surface area (Å²) in [6, 6.07) is 11.5. The predicted molar refractivity (Wildman–Crippen MR) is 132 cm³/mol. The number of piperidine rings is 1. The summed E-state index contributed by atoms with van der Waals surface area (Å²) in [6.07, 6.45) is 3.80. The molecule has 6 nitrogen and oxygen atoms in total. The number of anilines is 2. The third kappa shape index (κ3) is 5.95. The van der Waals surface area contributed by atoms with Gasteiger partial charge < -0.3 is 14.7 Å². The van der Waals surface area contributed by atoms with Gasteiger partial charge in [-0.15, -0.1) is 11.8 Å². The van der Waals surface area contributed by atoms with Crippen LogP contribution >= 0.6 is 11.8 Å². The van der Waals surface area contributed by atoms with E-state index in [1.165, 1.54) is 0 Å². The third-order valence-electron chi connectivity index (χ3n) is 5.72. The van der Waals surface area contributed by atoms with Gasteiger partial charge in [-0.1, -0.05) is 26.8 Å². The molecule has 1 aliphatic rings. The van der Waals surface area contributed by atoms with Gasteiger partial charge in [0, 0.05) is 32.3 Å². The van der Waals surface area contributed by atoms with Gasteiger partial charge in [0.1, 0.15) is 11.6 Å². The van der Waals surface area contributed by atoms with E-state index in [0.29, 0.717) is 23.8 Å². The van der Waals surface area contributed by atoms with Gasteiger partial charge in [-0.05, 0) is 54.7 Å². The van der Waals surface area contributed by atoms with Gasteiger partial charge >= 0.3 is 0 Å². The molecule has 2 heterocycles. The number of aliphatic hydroxyl groups is 1. The fourth-order valence-corrected chi connectivity index (χ4v) is 4.38. The number of pyridine rings is 1. The number of benzene rings is 1. The average molecular weight is 458 g/mol. The number of rotatable bonds is 7. The fourth-order valence-electron chi connectivity index (χ4n) is 3.98. The number of methoxy groups -OCH3 is 1. The molecule has 1 aliphatic heterocycles. The molecule has 2 aromatic rings. The Morgan fingerprint density at radius 2 is 1.97 bits per heavy atom. The summed E-state index contributed by atoms with van der Waals surface area (Å²) >= 11 is 1.56. The Morgan fingerprint density at radius 3 is 2.56 bits per heavy atom. The van der Waals surface area contributed by atoms with Gasteiger partial charge in [0.15, 0.2) is 0 Å². The van der Waals surface area contributed by atoms with Crippen molar-refractivity contribution in [1.82, 2.24) is 4.98 Å². The van der Waals surface area contributed by atoms with Crippen LogP contribution in [0.5, 0.6) is 5.75 Å². The molecule has 0 atom stereocenters. The lowest BCUT2D eigenvalue weighted by molar-refractivity contribution is 0.0976. The maximum Gasteiger partial charge on any atom is 0.261 e. The molecule has 0 bridgehead atoms. The van der Waals surface area contributed by atoms with Crippen molar-refractivity contribution in [3.05, 3.63) is 42.0 Å². The number of hydrogen-bond donors (Lipinski definition) is 1. The maximum atomic E-state index is 14.0. The van der Waals surface area contributed by atoms with Crippen LogP contribution in [0.4, 0.5) is 11.5 Å². The van der Waals surface area contributed by atoms with E-state index >= 15 is 0 Å². The first-order valence-electron chi connectivity index (χ1n) is 11.1. The molecule has 0 unspecified atom stereocenters. The van der Waals surface area contributed by atoms with E-state index in [9.17, 15) is 9.90 Å². The average Bonchev–Trinajstić information content (AvgIpc) is 2.81. The Morgan fingerprint density at radius 1 is 1.25 bits per heavy atom. The molecule has 0 aliphatic carbocycles. The van der Waals surface area contributed by atoms with Crippen LogP contribution in [0, 0.1) is 11.3 Å². The van der Waals surface area contributed by atoms with Crippen LogP contribution in [0.2, 0.25) is 0 Å².